The first-order valence-corrected chi connectivity index (χ1v) is 3.60. The average Bonchev–Trinajstić information content (AvgIpc) is 2.05. The lowest BCUT2D eigenvalue weighted by Crippen LogP contribution is -2.24. The Morgan fingerprint density at radius 3 is 3.40 bits per heavy atom. The Kier molecular flexibility index (Phi) is 1.31. The van der Waals surface area contributed by atoms with E-state index in [1.54, 1.807) is 0 Å². The standard InChI is InChI=1S/C8H10N2/c1-2-7-3-5-9-6-8(7)10-4-1/h1-2,6,10H,3-5H2/q+1. The molecule has 0 saturated heterocycles. The number of aliphatic imine (C=N–C) groups is 1. The molecular weight excluding hydrogens is 124 g/mol. The molecule has 0 atom stereocenters. The number of dihydropyridines is 2. The molecule has 51 valence electrons. The highest BCUT2D eigenvalue weighted by atomic mass is 14.9. The molecule has 1 radical (unpaired) electrons. The highest BCUT2D eigenvalue weighted by Crippen LogP contribution is 2.11. The van der Waals surface area contributed by atoms with E-state index in [9.17, 15) is 0 Å². The first kappa shape index (κ1) is 5.71. The van der Waals surface area contributed by atoms with Gasteiger partial charge >= 0.3 is 0 Å². The maximum Gasteiger partial charge on any atom is 0.257 e. The van der Waals surface area contributed by atoms with Crippen LogP contribution in [0.5, 0.6) is 0 Å². The zero-order valence-electron chi connectivity index (χ0n) is 5.80. The summed E-state index contributed by atoms with van der Waals surface area (Å²) in [5.74, 6) is 0. The van der Waals surface area contributed by atoms with Crippen molar-refractivity contribution in [3.05, 3.63) is 23.4 Å². The van der Waals surface area contributed by atoms with Gasteiger partial charge in [0.05, 0.1) is 0 Å². The van der Waals surface area contributed by atoms with Crippen LogP contribution in [0.2, 0.25) is 0 Å². The van der Waals surface area contributed by atoms with Crippen LogP contribution in [-0.2, 0) is 0 Å². The quantitative estimate of drug-likeness (QED) is 0.503. The van der Waals surface area contributed by atoms with Gasteiger partial charge in [0.2, 0.25) is 6.54 Å². The fraction of sp³-hybridized carbons (Fsp3) is 0.375. The second-order valence-electron chi connectivity index (χ2n) is 2.51. The molecule has 1 N–H and O–H groups in total. The second kappa shape index (κ2) is 2.29. The molecule has 0 amide bonds. The van der Waals surface area contributed by atoms with Gasteiger partial charge in [-0.05, 0) is 5.57 Å². The number of hydrogen-bond acceptors (Lipinski definition) is 2. The van der Waals surface area contributed by atoms with Gasteiger partial charge in [-0.2, -0.15) is 0 Å². The van der Waals surface area contributed by atoms with Crippen molar-refractivity contribution in [2.45, 2.75) is 6.42 Å². The van der Waals surface area contributed by atoms with Crippen LogP contribution in [0, 0.1) is 0 Å². The summed E-state index contributed by atoms with van der Waals surface area (Å²) < 4.78 is 0. The van der Waals surface area contributed by atoms with Crippen molar-refractivity contribution >= 4 is 6.21 Å². The molecule has 2 nitrogen and oxygen atoms in total. The molecule has 0 bridgehead atoms. The van der Waals surface area contributed by atoms with Crippen LogP contribution in [0.15, 0.2) is 23.4 Å². The lowest BCUT2D eigenvalue weighted by molar-refractivity contribution is 0.821. The number of nitrogens with one attached hydrogen (secondary N) is 1. The number of allylic oxidation sites excluding steroid dienone is 2. The summed E-state index contributed by atoms with van der Waals surface area (Å²) in [7, 11) is 0. The molecule has 0 fully saturated rings. The van der Waals surface area contributed by atoms with Crippen molar-refractivity contribution in [1.82, 2.24) is 10.3 Å². The van der Waals surface area contributed by atoms with Crippen LogP contribution < -0.4 is 10.3 Å². The topological polar surface area (TPSA) is 26.1 Å². The van der Waals surface area contributed by atoms with E-state index in [0.717, 1.165) is 19.5 Å². The van der Waals surface area contributed by atoms with E-state index in [4.69, 9.17) is 0 Å². The third kappa shape index (κ3) is 0.856. The normalized spacial score (nSPS) is 22.4. The van der Waals surface area contributed by atoms with E-state index >= 15 is 0 Å². The summed E-state index contributed by atoms with van der Waals surface area (Å²) in [6.07, 6.45) is 7.37. The molecule has 2 heterocycles. The zero-order valence-corrected chi connectivity index (χ0v) is 5.80. The van der Waals surface area contributed by atoms with E-state index in [2.05, 4.69) is 22.5 Å². The van der Waals surface area contributed by atoms with Gasteiger partial charge in [-0.15, -0.1) is 0 Å². The first-order valence-electron chi connectivity index (χ1n) is 3.60. The summed E-state index contributed by atoms with van der Waals surface area (Å²) >= 11 is 0. The molecule has 0 aromatic carbocycles. The van der Waals surface area contributed by atoms with Gasteiger partial charge in [0.15, 0.2) is 0 Å². The summed E-state index contributed by atoms with van der Waals surface area (Å²) in [4.78, 5) is 4.18. The highest BCUT2D eigenvalue weighted by molar-refractivity contribution is 5.80. The van der Waals surface area contributed by atoms with Gasteiger partial charge in [-0.3, -0.25) is 0 Å². The summed E-state index contributed by atoms with van der Waals surface area (Å²) in [6, 6.07) is 0. The maximum atomic E-state index is 4.18. The predicted molar refractivity (Wildman–Crippen MR) is 41.9 cm³/mol. The van der Waals surface area contributed by atoms with Crippen molar-refractivity contribution in [1.29, 1.82) is 0 Å². The summed E-state index contributed by atoms with van der Waals surface area (Å²) in [5.41, 5.74) is 2.62. The summed E-state index contributed by atoms with van der Waals surface area (Å²) in [6.45, 7) is 1.90. The minimum Gasteiger partial charge on any atom is -0.376 e. The molecule has 2 aliphatic rings. The Bertz CT molecular complexity index is 199. The second-order valence-corrected chi connectivity index (χ2v) is 2.51. The largest absolute Gasteiger partial charge is 0.376 e. The van der Waals surface area contributed by atoms with Crippen LogP contribution >= 0.6 is 0 Å². The smallest absolute Gasteiger partial charge is 0.257 e. The van der Waals surface area contributed by atoms with Crippen LogP contribution in [-0.4, -0.2) is 19.3 Å². The Labute approximate surface area is 60.3 Å². The fourth-order valence-electron chi connectivity index (χ4n) is 1.26. The van der Waals surface area contributed by atoms with E-state index in [0.29, 0.717) is 0 Å². The number of nitrogens with zero attached hydrogens (tertiary/aromatic N) is 1. The molecule has 0 saturated carbocycles. The Hall–Kier alpha value is -1.05. The van der Waals surface area contributed by atoms with Crippen molar-refractivity contribution in [2.75, 3.05) is 13.1 Å². The van der Waals surface area contributed by atoms with E-state index in [1.807, 2.05) is 6.21 Å². The number of rotatable bonds is 0. The van der Waals surface area contributed by atoms with E-state index in [-0.39, 0.29) is 0 Å². The maximum absolute atomic E-state index is 4.18. The fourth-order valence-corrected chi connectivity index (χ4v) is 1.26. The molecule has 0 aliphatic carbocycles. The third-order valence-corrected chi connectivity index (χ3v) is 1.81. The Balaban J connectivity index is 2.32. The molecule has 0 aromatic rings. The van der Waals surface area contributed by atoms with Gasteiger partial charge < -0.3 is 5.32 Å². The lowest BCUT2D eigenvalue weighted by Gasteiger charge is -2.11. The molecule has 2 aliphatic heterocycles. The molecule has 2 rings (SSSR count). The minimum absolute atomic E-state index is 0.949. The molecule has 10 heavy (non-hydrogen) atoms. The van der Waals surface area contributed by atoms with Gasteiger partial charge in [0.1, 0.15) is 5.70 Å². The van der Waals surface area contributed by atoms with Crippen LogP contribution in [0.4, 0.5) is 0 Å². The predicted octanol–water partition coefficient (Wildman–Crippen LogP) is 0.210. The molecular formula is C8H10N2+. The molecule has 0 spiro atoms. The van der Waals surface area contributed by atoms with Crippen LogP contribution in [0.3, 0.4) is 0 Å². The van der Waals surface area contributed by atoms with E-state index < -0.39 is 0 Å². The van der Waals surface area contributed by atoms with Crippen LogP contribution in [0.1, 0.15) is 6.42 Å². The van der Waals surface area contributed by atoms with Crippen molar-refractivity contribution < 1.29 is 0 Å². The van der Waals surface area contributed by atoms with Gasteiger partial charge in [0.25, 0.3) is 6.21 Å². The van der Waals surface area contributed by atoms with Gasteiger partial charge in [-0.25, -0.2) is 0 Å². The first-order chi connectivity index (χ1) is 4.97. The average molecular weight is 134 g/mol. The van der Waals surface area contributed by atoms with E-state index in [1.165, 1.54) is 11.3 Å². The van der Waals surface area contributed by atoms with Crippen molar-refractivity contribution in [2.24, 2.45) is 0 Å². The minimum atomic E-state index is 0.949. The molecule has 0 unspecified atom stereocenters. The SMILES string of the molecule is C1=CC2=C(C=[N+]CC2)NC1. The third-order valence-electron chi connectivity index (χ3n) is 1.81. The number of hydrogen-bond donors (Lipinski definition) is 1. The monoisotopic (exact) mass is 134 g/mol. The Morgan fingerprint density at radius 2 is 2.50 bits per heavy atom. The van der Waals surface area contributed by atoms with Crippen molar-refractivity contribution in [3.63, 3.8) is 0 Å². The van der Waals surface area contributed by atoms with Crippen molar-refractivity contribution in [3.8, 4) is 0 Å². The highest BCUT2D eigenvalue weighted by Gasteiger charge is 2.14. The lowest BCUT2D eigenvalue weighted by atomic mass is 10.1. The molecule has 0 aromatic heterocycles. The zero-order chi connectivity index (χ0) is 6.81. The molecule has 2 heteroatoms. The van der Waals surface area contributed by atoms with Crippen LogP contribution in [0.25, 0.3) is 0 Å². The van der Waals surface area contributed by atoms with Gasteiger partial charge in [-0.1, -0.05) is 12.2 Å². The Morgan fingerprint density at radius 1 is 1.50 bits per heavy atom. The van der Waals surface area contributed by atoms with Gasteiger partial charge in [0, 0.05) is 18.0 Å². The summed E-state index contributed by atoms with van der Waals surface area (Å²) in [5, 5.41) is 3.26.